The Labute approximate surface area is 107 Å². The molecule has 0 saturated heterocycles. The van der Waals surface area contributed by atoms with Gasteiger partial charge in [-0.05, 0) is 37.3 Å². The normalized spacial score (nSPS) is 14.9. The van der Waals surface area contributed by atoms with Crippen molar-refractivity contribution in [2.75, 3.05) is 6.54 Å². The van der Waals surface area contributed by atoms with Gasteiger partial charge < -0.3 is 5.32 Å². The molecule has 1 nitrogen and oxygen atoms in total. The van der Waals surface area contributed by atoms with Crippen molar-refractivity contribution in [3.63, 3.8) is 0 Å². The third-order valence-electron chi connectivity index (χ3n) is 3.50. The minimum Gasteiger partial charge on any atom is -0.314 e. The number of rotatable bonds is 6. The van der Waals surface area contributed by atoms with Crippen LogP contribution in [0.15, 0.2) is 24.3 Å². The molecule has 0 aliphatic heterocycles. The van der Waals surface area contributed by atoms with Crippen molar-refractivity contribution in [1.82, 2.24) is 5.32 Å². The zero-order valence-corrected chi connectivity index (χ0v) is 12.0. The lowest BCUT2D eigenvalue weighted by Gasteiger charge is -2.21. The molecule has 1 aromatic rings. The van der Waals surface area contributed by atoms with Crippen molar-refractivity contribution in [2.45, 2.75) is 47.1 Å². The zero-order valence-electron chi connectivity index (χ0n) is 12.0. The van der Waals surface area contributed by atoms with Gasteiger partial charge >= 0.3 is 0 Å². The molecule has 0 bridgehead atoms. The quantitative estimate of drug-likeness (QED) is 0.788. The molecule has 0 fully saturated rings. The van der Waals surface area contributed by atoms with Crippen molar-refractivity contribution in [3.05, 3.63) is 35.4 Å². The van der Waals surface area contributed by atoms with Gasteiger partial charge in [-0.3, -0.25) is 0 Å². The average Bonchev–Trinajstić information content (AvgIpc) is 2.28. The molecule has 96 valence electrons. The molecule has 0 aliphatic carbocycles. The van der Waals surface area contributed by atoms with E-state index in [0.29, 0.717) is 6.04 Å². The standard InChI is InChI=1S/C16H27N/c1-12(2)17-11-15(5)14(4)10-16-8-6-13(3)7-9-16/h6-9,12,14-15,17H,10-11H2,1-5H3. The van der Waals surface area contributed by atoms with Crippen LogP contribution >= 0.6 is 0 Å². The molecule has 0 aliphatic rings. The summed E-state index contributed by atoms with van der Waals surface area (Å²) < 4.78 is 0. The molecule has 0 radical (unpaired) electrons. The second-order valence-corrected chi connectivity index (χ2v) is 5.71. The van der Waals surface area contributed by atoms with Gasteiger partial charge in [0.25, 0.3) is 0 Å². The fourth-order valence-electron chi connectivity index (χ4n) is 1.92. The van der Waals surface area contributed by atoms with Gasteiger partial charge in [-0.15, -0.1) is 0 Å². The van der Waals surface area contributed by atoms with Crippen LogP contribution in [-0.2, 0) is 6.42 Å². The summed E-state index contributed by atoms with van der Waals surface area (Å²) in [7, 11) is 0. The minimum atomic E-state index is 0.587. The molecule has 0 amide bonds. The summed E-state index contributed by atoms with van der Waals surface area (Å²) in [6.45, 7) is 12.4. The van der Waals surface area contributed by atoms with Gasteiger partial charge in [-0.2, -0.15) is 0 Å². The number of benzene rings is 1. The largest absolute Gasteiger partial charge is 0.314 e. The zero-order chi connectivity index (χ0) is 12.8. The summed E-state index contributed by atoms with van der Waals surface area (Å²) in [4.78, 5) is 0. The summed E-state index contributed by atoms with van der Waals surface area (Å²) >= 11 is 0. The van der Waals surface area contributed by atoms with E-state index in [1.807, 2.05) is 0 Å². The summed E-state index contributed by atoms with van der Waals surface area (Å²) in [6.07, 6.45) is 1.18. The fourth-order valence-corrected chi connectivity index (χ4v) is 1.92. The van der Waals surface area contributed by atoms with Crippen LogP contribution in [0.4, 0.5) is 0 Å². The maximum Gasteiger partial charge on any atom is 0.00104 e. The molecule has 1 N–H and O–H groups in total. The predicted molar refractivity (Wildman–Crippen MR) is 76.3 cm³/mol. The van der Waals surface area contributed by atoms with E-state index in [-0.39, 0.29) is 0 Å². The Morgan fingerprint density at radius 2 is 1.53 bits per heavy atom. The van der Waals surface area contributed by atoms with Crippen molar-refractivity contribution < 1.29 is 0 Å². The van der Waals surface area contributed by atoms with Crippen LogP contribution in [0.1, 0.15) is 38.8 Å². The van der Waals surface area contributed by atoms with E-state index in [1.165, 1.54) is 17.5 Å². The van der Waals surface area contributed by atoms with Gasteiger partial charge in [-0.25, -0.2) is 0 Å². The van der Waals surface area contributed by atoms with E-state index in [9.17, 15) is 0 Å². The van der Waals surface area contributed by atoms with E-state index in [0.717, 1.165) is 18.4 Å². The molecule has 0 aromatic heterocycles. The molecule has 0 saturated carbocycles. The van der Waals surface area contributed by atoms with Gasteiger partial charge in [0.15, 0.2) is 0 Å². The number of aryl methyl sites for hydroxylation is 1. The second kappa shape index (κ2) is 6.80. The molecular formula is C16H27N. The molecule has 17 heavy (non-hydrogen) atoms. The van der Waals surface area contributed by atoms with Crippen LogP contribution in [0.5, 0.6) is 0 Å². The SMILES string of the molecule is Cc1ccc(CC(C)C(C)CNC(C)C)cc1. The van der Waals surface area contributed by atoms with Crippen LogP contribution in [0, 0.1) is 18.8 Å². The first-order valence-corrected chi connectivity index (χ1v) is 6.78. The topological polar surface area (TPSA) is 12.0 Å². The molecular weight excluding hydrogens is 206 g/mol. The molecule has 1 aromatic carbocycles. The monoisotopic (exact) mass is 233 g/mol. The Kier molecular flexibility index (Phi) is 5.70. The summed E-state index contributed by atoms with van der Waals surface area (Å²) in [5, 5.41) is 3.52. The molecule has 1 heteroatoms. The van der Waals surface area contributed by atoms with Crippen LogP contribution in [-0.4, -0.2) is 12.6 Å². The van der Waals surface area contributed by atoms with Gasteiger partial charge in [-0.1, -0.05) is 57.5 Å². The molecule has 2 unspecified atom stereocenters. The molecule has 2 atom stereocenters. The lowest BCUT2D eigenvalue weighted by Crippen LogP contribution is -2.31. The first-order valence-electron chi connectivity index (χ1n) is 6.78. The molecule has 1 rings (SSSR count). The summed E-state index contributed by atoms with van der Waals surface area (Å²) in [5.41, 5.74) is 2.80. The van der Waals surface area contributed by atoms with E-state index >= 15 is 0 Å². The Bertz CT molecular complexity index is 313. The predicted octanol–water partition coefficient (Wildman–Crippen LogP) is 3.81. The van der Waals surface area contributed by atoms with E-state index in [1.54, 1.807) is 0 Å². The van der Waals surface area contributed by atoms with E-state index in [4.69, 9.17) is 0 Å². The lowest BCUT2D eigenvalue weighted by atomic mass is 9.89. The Morgan fingerprint density at radius 3 is 2.06 bits per heavy atom. The Hall–Kier alpha value is -0.820. The van der Waals surface area contributed by atoms with Crippen LogP contribution in [0.3, 0.4) is 0 Å². The fraction of sp³-hybridized carbons (Fsp3) is 0.625. The van der Waals surface area contributed by atoms with Gasteiger partial charge in [0, 0.05) is 6.04 Å². The van der Waals surface area contributed by atoms with Crippen molar-refractivity contribution in [3.8, 4) is 0 Å². The number of nitrogens with one attached hydrogen (secondary N) is 1. The second-order valence-electron chi connectivity index (χ2n) is 5.71. The van der Waals surface area contributed by atoms with E-state index < -0.39 is 0 Å². The highest BCUT2D eigenvalue weighted by molar-refractivity contribution is 5.21. The van der Waals surface area contributed by atoms with Gasteiger partial charge in [0.2, 0.25) is 0 Å². The van der Waals surface area contributed by atoms with Gasteiger partial charge in [0.1, 0.15) is 0 Å². The molecule has 0 heterocycles. The van der Waals surface area contributed by atoms with Crippen molar-refractivity contribution in [2.24, 2.45) is 11.8 Å². The highest BCUT2D eigenvalue weighted by Crippen LogP contribution is 2.17. The summed E-state index contributed by atoms with van der Waals surface area (Å²) in [6, 6.07) is 9.52. The first-order chi connectivity index (χ1) is 7.99. The minimum absolute atomic E-state index is 0.587. The highest BCUT2D eigenvalue weighted by atomic mass is 14.9. The van der Waals surface area contributed by atoms with Gasteiger partial charge in [0.05, 0.1) is 0 Å². The smallest absolute Gasteiger partial charge is 0.00104 e. The third-order valence-corrected chi connectivity index (χ3v) is 3.50. The maximum absolute atomic E-state index is 3.52. The average molecular weight is 233 g/mol. The lowest BCUT2D eigenvalue weighted by molar-refractivity contribution is 0.354. The van der Waals surface area contributed by atoms with Crippen LogP contribution in [0.25, 0.3) is 0 Å². The number of hydrogen-bond donors (Lipinski definition) is 1. The van der Waals surface area contributed by atoms with Crippen LogP contribution in [0.2, 0.25) is 0 Å². The maximum atomic E-state index is 3.52. The van der Waals surface area contributed by atoms with Crippen molar-refractivity contribution in [1.29, 1.82) is 0 Å². The summed E-state index contributed by atoms with van der Waals surface area (Å²) in [5.74, 6) is 1.45. The Morgan fingerprint density at radius 1 is 0.941 bits per heavy atom. The third kappa shape index (κ3) is 5.36. The highest BCUT2D eigenvalue weighted by Gasteiger charge is 2.12. The van der Waals surface area contributed by atoms with Crippen molar-refractivity contribution >= 4 is 0 Å². The van der Waals surface area contributed by atoms with E-state index in [2.05, 4.69) is 64.2 Å². The number of hydrogen-bond acceptors (Lipinski definition) is 1. The Balaban J connectivity index is 2.42. The molecule has 0 spiro atoms. The van der Waals surface area contributed by atoms with Crippen LogP contribution < -0.4 is 5.32 Å². The first kappa shape index (κ1) is 14.2.